The van der Waals surface area contributed by atoms with Gasteiger partial charge in [0.15, 0.2) is 0 Å². The van der Waals surface area contributed by atoms with Crippen molar-refractivity contribution in [2.75, 3.05) is 6.54 Å². The number of hydrogen-bond donors (Lipinski definition) is 3. The second-order valence-corrected chi connectivity index (χ2v) is 7.58. The first kappa shape index (κ1) is 24.7. The average molecular weight is 400 g/mol. The maximum absolute atomic E-state index is 13.0. The highest BCUT2D eigenvalue weighted by atomic mass is 19.1. The fourth-order valence-corrected chi connectivity index (χ4v) is 3.50. The van der Waals surface area contributed by atoms with Crippen molar-refractivity contribution in [3.05, 3.63) is 72.9 Å². The van der Waals surface area contributed by atoms with E-state index in [2.05, 4.69) is 43.4 Å². The van der Waals surface area contributed by atoms with Crippen LogP contribution in [-0.4, -0.2) is 12.7 Å². The molecule has 0 heterocycles. The van der Waals surface area contributed by atoms with Gasteiger partial charge < -0.3 is 16.4 Å². The predicted octanol–water partition coefficient (Wildman–Crippen LogP) is 5.87. The van der Waals surface area contributed by atoms with Gasteiger partial charge in [-0.1, -0.05) is 52.3 Å². The van der Waals surface area contributed by atoms with Crippen molar-refractivity contribution >= 4 is 5.70 Å². The van der Waals surface area contributed by atoms with Gasteiger partial charge in [0.2, 0.25) is 0 Å². The molecule has 0 bridgehead atoms. The molecule has 4 heteroatoms. The minimum Gasteiger partial charge on any atom is -0.389 e. The van der Waals surface area contributed by atoms with Crippen LogP contribution in [0, 0.1) is 11.2 Å². The third kappa shape index (κ3) is 9.17. The molecule has 3 nitrogen and oxygen atoms in total. The van der Waals surface area contributed by atoms with Gasteiger partial charge >= 0.3 is 0 Å². The molecular formula is C25H38FN3. The molecule has 2 rings (SSSR count). The van der Waals surface area contributed by atoms with E-state index in [1.807, 2.05) is 12.3 Å². The van der Waals surface area contributed by atoms with Crippen LogP contribution in [0.1, 0.15) is 64.4 Å². The Labute approximate surface area is 176 Å². The lowest BCUT2D eigenvalue weighted by atomic mass is 9.65. The molecular weight excluding hydrogens is 361 g/mol. The van der Waals surface area contributed by atoms with Crippen LogP contribution < -0.4 is 16.4 Å². The van der Waals surface area contributed by atoms with Crippen LogP contribution in [0.3, 0.4) is 0 Å². The summed E-state index contributed by atoms with van der Waals surface area (Å²) in [5.41, 5.74) is 10.9. The molecule has 29 heavy (non-hydrogen) atoms. The van der Waals surface area contributed by atoms with E-state index in [1.54, 1.807) is 18.2 Å². The predicted molar refractivity (Wildman–Crippen MR) is 123 cm³/mol. The first-order valence-electron chi connectivity index (χ1n) is 10.7. The Balaban J connectivity index is 0.000000387. The summed E-state index contributed by atoms with van der Waals surface area (Å²) in [6.45, 7) is 12.5. The molecule has 4 N–H and O–H groups in total. The second-order valence-electron chi connectivity index (χ2n) is 7.58. The zero-order valence-corrected chi connectivity index (χ0v) is 18.1. The number of halogens is 1. The molecule has 1 aromatic rings. The van der Waals surface area contributed by atoms with Crippen molar-refractivity contribution in [1.29, 1.82) is 0 Å². The molecule has 160 valence electrons. The summed E-state index contributed by atoms with van der Waals surface area (Å²) in [6.07, 6.45) is 14.5. The molecule has 1 unspecified atom stereocenters. The van der Waals surface area contributed by atoms with Gasteiger partial charge in [-0.3, -0.25) is 0 Å². The number of rotatable bonds is 11. The van der Waals surface area contributed by atoms with E-state index in [4.69, 9.17) is 5.73 Å². The van der Waals surface area contributed by atoms with Crippen molar-refractivity contribution < 1.29 is 4.39 Å². The number of hydrogen-bond acceptors (Lipinski definition) is 3. The molecule has 1 atom stereocenters. The third-order valence-electron chi connectivity index (χ3n) is 5.50. The minimum atomic E-state index is -0.374. The minimum absolute atomic E-state index is 0.273. The Morgan fingerprint density at radius 2 is 2.00 bits per heavy atom. The topological polar surface area (TPSA) is 50.1 Å². The van der Waals surface area contributed by atoms with Crippen molar-refractivity contribution in [2.24, 2.45) is 11.1 Å². The van der Waals surface area contributed by atoms with Gasteiger partial charge in [-0.25, -0.2) is 4.39 Å². The zero-order chi connectivity index (χ0) is 21.5. The molecule has 0 aliphatic heterocycles. The van der Waals surface area contributed by atoms with E-state index in [0.29, 0.717) is 0 Å². The largest absolute Gasteiger partial charge is 0.389 e. The third-order valence-corrected chi connectivity index (χ3v) is 5.50. The monoisotopic (exact) mass is 399 g/mol. The van der Waals surface area contributed by atoms with E-state index in [1.165, 1.54) is 50.7 Å². The first-order chi connectivity index (χ1) is 14.0. The van der Waals surface area contributed by atoms with E-state index >= 15 is 0 Å². The highest BCUT2D eigenvalue weighted by molar-refractivity contribution is 5.63. The molecule has 0 radical (unpaired) electrons. The normalized spacial score (nSPS) is 15.7. The molecule has 1 aliphatic rings. The van der Waals surface area contributed by atoms with Gasteiger partial charge in [-0.15, -0.1) is 5.73 Å². The van der Waals surface area contributed by atoms with Crippen LogP contribution in [0.25, 0.3) is 5.70 Å². The Bertz CT molecular complexity index is 662. The summed E-state index contributed by atoms with van der Waals surface area (Å²) in [5, 5.41) is 6.25. The smallest absolute Gasteiger partial charge is 0.123 e. The number of benzene rings is 1. The number of nitrogens with one attached hydrogen (secondary N) is 2. The summed E-state index contributed by atoms with van der Waals surface area (Å²) in [6, 6.07) is 6.19. The van der Waals surface area contributed by atoms with Crippen LogP contribution in [0.5, 0.6) is 0 Å². The summed E-state index contributed by atoms with van der Waals surface area (Å²) in [4.78, 5) is 0. The zero-order valence-electron chi connectivity index (χ0n) is 18.1. The summed E-state index contributed by atoms with van der Waals surface area (Å²) >= 11 is 0. The highest BCUT2D eigenvalue weighted by Gasteiger charge is 2.33. The molecule has 1 saturated carbocycles. The first-order valence-corrected chi connectivity index (χ1v) is 10.7. The van der Waals surface area contributed by atoms with Crippen LogP contribution in [0.15, 0.2) is 61.5 Å². The Morgan fingerprint density at radius 1 is 1.31 bits per heavy atom. The summed E-state index contributed by atoms with van der Waals surface area (Å²) < 4.78 is 13.0. The fraction of sp³-hybridized carbons (Fsp3) is 0.480. The molecule has 0 amide bonds. The van der Waals surface area contributed by atoms with Gasteiger partial charge in [-0.2, -0.15) is 0 Å². The molecule has 1 aromatic carbocycles. The molecule has 0 spiro atoms. The van der Waals surface area contributed by atoms with Crippen molar-refractivity contribution in [2.45, 2.75) is 65.0 Å². The van der Waals surface area contributed by atoms with Gasteiger partial charge in [-0.05, 0) is 67.0 Å². The fourth-order valence-electron chi connectivity index (χ4n) is 3.50. The van der Waals surface area contributed by atoms with E-state index < -0.39 is 0 Å². The van der Waals surface area contributed by atoms with Gasteiger partial charge in [0.05, 0.1) is 11.9 Å². The van der Waals surface area contributed by atoms with Crippen LogP contribution in [0.4, 0.5) is 4.39 Å². The van der Waals surface area contributed by atoms with E-state index in [9.17, 15) is 4.39 Å². The summed E-state index contributed by atoms with van der Waals surface area (Å²) in [5.74, 6) is -0.273. The van der Waals surface area contributed by atoms with Crippen molar-refractivity contribution in [3.8, 4) is 0 Å². The second kappa shape index (κ2) is 13.8. The Morgan fingerprint density at radius 3 is 2.45 bits per heavy atom. The van der Waals surface area contributed by atoms with Crippen molar-refractivity contribution in [3.63, 3.8) is 0 Å². The van der Waals surface area contributed by atoms with Crippen LogP contribution >= 0.6 is 0 Å². The highest BCUT2D eigenvalue weighted by Crippen LogP contribution is 2.47. The molecule has 0 saturated heterocycles. The molecule has 0 aromatic heterocycles. The Kier molecular flexibility index (Phi) is 11.8. The Hall–Kier alpha value is -2.29. The standard InChI is InChI=1S/C16H20FN3.C9H18/c1-3-5-6-11-19-12-15(20-16(18)4-2)13-7-9-14(17)10-8-13;1-3-6-9(4-2)7-5-8-9/h4-5,7-10,12,16,19-20H,1-2,6,11,18H2;3-8H2,1-2H3/b15-12-;. The SMILES string of the molecule is C=C=CCCN/C=C(\NC(N)C=C)c1ccc(F)cc1.CCCC1(CC)CCC1. The number of nitrogens with two attached hydrogens (primary N) is 1. The van der Waals surface area contributed by atoms with Gasteiger partial charge in [0, 0.05) is 12.7 Å². The van der Waals surface area contributed by atoms with E-state index in [0.717, 1.165) is 29.6 Å². The lowest BCUT2D eigenvalue weighted by molar-refractivity contribution is 0.112. The van der Waals surface area contributed by atoms with Gasteiger partial charge in [0.1, 0.15) is 5.82 Å². The maximum Gasteiger partial charge on any atom is 0.123 e. The lowest BCUT2D eigenvalue weighted by Gasteiger charge is -2.41. The maximum atomic E-state index is 13.0. The molecule has 1 fully saturated rings. The lowest BCUT2D eigenvalue weighted by Crippen LogP contribution is -2.34. The van der Waals surface area contributed by atoms with E-state index in [-0.39, 0.29) is 12.0 Å². The average Bonchev–Trinajstić information content (AvgIpc) is 2.70. The van der Waals surface area contributed by atoms with Crippen molar-refractivity contribution in [1.82, 2.24) is 10.6 Å². The quantitative estimate of drug-likeness (QED) is 0.189. The summed E-state index contributed by atoms with van der Waals surface area (Å²) in [7, 11) is 0. The molecule has 1 aliphatic carbocycles. The van der Waals surface area contributed by atoms with Crippen LogP contribution in [0.2, 0.25) is 0 Å². The van der Waals surface area contributed by atoms with Crippen LogP contribution in [-0.2, 0) is 0 Å². The van der Waals surface area contributed by atoms with Gasteiger partial charge in [0.25, 0.3) is 0 Å².